The second-order valence-electron chi connectivity index (χ2n) is 5.78. The van der Waals surface area contributed by atoms with Gasteiger partial charge in [0.15, 0.2) is 0 Å². The summed E-state index contributed by atoms with van der Waals surface area (Å²) < 4.78 is 33.1. The van der Waals surface area contributed by atoms with E-state index in [2.05, 4.69) is 10.4 Å². The number of amides is 1. The Labute approximate surface area is 139 Å². The molecule has 2 rings (SSSR count). The fourth-order valence-electron chi connectivity index (χ4n) is 2.12. The lowest BCUT2D eigenvalue weighted by atomic mass is 10.2. The number of nitrogens with zero attached hydrogens (tertiary/aromatic N) is 1. The van der Waals surface area contributed by atoms with E-state index in [1.54, 1.807) is 6.07 Å². The molecule has 1 amide bonds. The first-order valence-electron chi connectivity index (χ1n) is 7.32. The maximum atomic E-state index is 12.0. The van der Waals surface area contributed by atoms with Crippen LogP contribution >= 0.6 is 0 Å². The molecule has 2 aromatic rings. The Balaban J connectivity index is 2.27. The molecule has 0 aliphatic carbocycles. The summed E-state index contributed by atoms with van der Waals surface area (Å²) >= 11 is 0. The number of rotatable bonds is 6. The number of carbonyl (C=O) groups excluding carboxylic acids is 1. The zero-order valence-corrected chi connectivity index (χ0v) is 14.1. The summed E-state index contributed by atoms with van der Waals surface area (Å²) in [6.07, 6.45) is 0. The first-order valence-corrected chi connectivity index (χ1v) is 8.76. The van der Waals surface area contributed by atoms with Gasteiger partial charge in [-0.2, -0.15) is 8.42 Å². The lowest BCUT2D eigenvalue weighted by Gasteiger charge is -2.08. The Morgan fingerprint density at radius 2 is 2.00 bits per heavy atom. The molecule has 0 atom stereocenters. The van der Waals surface area contributed by atoms with E-state index >= 15 is 0 Å². The van der Waals surface area contributed by atoms with Gasteiger partial charge in [-0.25, -0.2) is 4.68 Å². The Kier molecular flexibility index (Phi) is 5.25. The van der Waals surface area contributed by atoms with Gasteiger partial charge in [0.1, 0.15) is 5.69 Å². The smallest absolute Gasteiger partial charge is 0.294 e. The Hall–Kier alpha value is -2.39. The number of aromatic amines is 1. The van der Waals surface area contributed by atoms with Crippen molar-refractivity contribution in [1.29, 1.82) is 0 Å². The second-order valence-corrected chi connectivity index (χ2v) is 7.17. The van der Waals surface area contributed by atoms with Crippen LogP contribution < -0.4 is 10.9 Å². The van der Waals surface area contributed by atoms with Gasteiger partial charge in [-0.1, -0.05) is 32.0 Å². The van der Waals surface area contributed by atoms with Crippen molar-refractivity contribution in [1.82, 2.24) is 15.1 Å². The van der Waals surface area contributed by atoms with Crippen molar-refractivity contribution in [2.24, 2.45) is 5.92 Å². The minimum atomic E-state index is -4.40. The van der Waals surface area contributed by atoms with E-state index in [-0.39, 0.29) is 28.6 Å². The van der Waals surface area contributed by atoms with Crippen molar-refractivity contribution in [3.63, 3.8) is 0 Å². The molecule has 0 unspecified atom stereocenters. The first-order chi connectivity index (χ1) is 11.2. The quantitative estimate of drug-likeness (QED) is 0.665. The van der Waals surface area contributed by atoms with Crippen LogP contribution in [-0.2, 0) is 16.7 Å². The third kappa shape index (κ3) is 4.33. The molecule has 8 nitrogen and oxygen atoms in total. The van der Waals surface area contributed by atoms with Crippen LogP contribution in [0.3, 0.4) is 0 Å². The largest absolute Gasteiger partial charge is 0.350 e. The highest BCUT2D eigenvalue weighted by molar-refractivity contribution is 7.85. The van der Waals surface area contributed by atoms with Gasteiger partial charge in [0.2, 0.25) is 0 Å². The summed E-state index contributed by atoms with van der Waals surface area (Å²) in [7, 11) is -4.40. The van der Waals surface area contributed by atoms with E-state index in [1.807, 2.05) is 13.8 Å². The van der Waals surface area contributed by atoms with Gasteiger partial charge >= 0.3 is 0 Å². The fraction of sp³-hybridized carbons (Fsp3) is 0.333. The molecular formula is C15H19N3O5S. The molecule has 0 radical (unpaired) electrons. The lowest BCUT2D eigenvalue weighted by molar-refractivity contribution is 0.0943. The number of H-pyrrole nitrogens is 1. The minimum absolute atomic E-state index is 0.0880. The summed E-state index contributed by atoms with van der Waals surface area (Å²) in [6.45, 7) is 4.24. The van der Waals surface area contributed by atoms with Crippen LogP contribution in [0, 0.1) is 5.92 Å². The van der Waals surface area contributed by atoms with Gasteiger partial charge in [0, 0.05) is 12.6 Å². The predicted octanol–water partition coefficient (Wildman–Crippen LogP) is 0.857. The molecule has 0 spiro atoms. The van der Waals surface area contributed by atoms with E-state index in [0.717, 1.165) is 10.7 Å². The molecule has 0 saturated carbocycles. The highest BCUT2D eigenvalue weighted by Crippen LogP contribution is 2.15. The van der Waals surface area contributed by atoms with Crippen molar-refractivity contribution < 1.29 is 17.8 Å². The monoisotopic (exact) mass is 353 g/mol. The number of nitrogens with one attached hydrogen (secondary N) is 2. The topological polar surface area (TPSA) is 121 Å². The minimum Gasteiger partial charge on any atom is -0.350 e. The van der Waals surface area contributed by atoms with Crippen molar-refractivity contribution in [2.75, 3.05) is 6.54 Å². The molecule has 9 heteroatoms. The van der Waals surface area contributed by atoms with Crippen molar-refractivity contribution in [2.45, 2.75) is 25.3 Å². The van der Waals surface area contributed by atoms with E-state index in [1.165, 1.54) is 18.2 Å². The lowest BCUT2D eigenvalue weighted by Crippen LogP contribution is -2.27. The molecule has 0 aliphatic heterocycles. The van der Waals surface area contributed by atoms with Gasteiger partial charge in [-0.3, -0.25) is 19.2 Å². The number of hydrogen-bond acceptors (Lipinski definition) is 4. The third-order valence-electron chi connectivity index (χ3n) is 3.28. The predicted molar refractivity (Wildman–Crippen MR) is 87.6 cm³/mol. The summed E-state index contributed by atoms with van der Waals surface area (Å²) in [5.74, 6) is -0.146. The highest BCUT2D eigenvalue weighted by Gasteiger charge is 2.17. The molecule has 1 aromatic carbocycles. The number of aromatic nitrogens is 2. The standard InChI is InChI=1S/C15H19N3O5S/c1-10(2)8-16-15(20)12-7-14(19)18(17-12)9-11-5-3-4-6-13(11)24(21,22)23/h3-7,10,17H,8-9H2,1-2H3,(H,16,20)(H,21,22,23). The van der Waals surface area contributed by atoms with Crippen LogP contribution in [-0.4, -0.2) is 35.2 Å². The highest BCUT2D eigenvalue weighted by atomic mass is 32.2. The van der Waals surface area contributed by atoms with Crippen molar-refractivity contribution in [3.05, 3.63) is 51.9 Å². The maximum absolute atomic E-state index is 12.0. The first kappa shape index (κ1) is 18.0. The van der Waals surface area contributed by atoms with E-state index < -0.39 is 21.6 Å². The average molecular weight is 353 g/mol. The average Bonchev–Trinajstić information content (AvgIpc) is 2.85. The van der Waals surface area contributed by atoms with E-state index in [9.17, 15) is 22.6 Å². The molecule has 130 valence electrons. The van der Waals surface area contributed by atoms with E-state index in [4.69, 9.17) is 0 Å². The summed E-state index contributed by atoms with van der Waals surface area (Å²) in [5, 5.41) is 5.33. The molecule has 0 aliphatic rings. The third-order valence-corrected chi connectivity index (χ3v) is 4.24. The van der Waals surface area contributed by atoms with Gasteiger partial charge in [0.25, 0.3) is 21.6 Å². The Morgan fingerprint density at radius 1 is 1.33 bits per heavy atom. The SMILES string of the molecule is CC(C)CNC(=O)c1cc(=O)n(Cc2ccccc2S(=O)(=O)O)[nH]1. The van der Waals surface area contributed by atoms with Gasteiger partial charge < -0.3 is 5.32 Å². The normalized spacial score (nSPS) is 11.7. The maximum Gasteiger partial charge on any atom is 0.294 e. The fourth-order valence-corrected chi connectivity index (χ4v) is 2.83. The molecule has 0 fully saturated rings. The van der Waals surface area contributed by atoms with Crippen LogP contribution in [0.4, 0.5) is 0 Å². The molecule has 1 heterocycles. The molecule has 0 saturated heterocycles. The molecule has 0 bridgehead atoms. The van der Waals surface area contributed by atoms with Gasteiger partial charge in [0.05, 0.1) is 11.4 Å². The Bertz CT molecular complexity index is 896. The molecular weight excluding hydrogens is 334 g/mol. The van der Waals surface area contributed by atoms with Crippen molar-refractivity contribution >= 4 is 16.0 Å². The number of carbonyl (C=O) groups is 1. The van der Waals surface area contributed by atoms with Crippen LogP contribution in [0.2, 0.25) is 0 Å². The number of benzene rings is 1. The van der Waals surface area contributed by atoms with Gasteiger partial charge in [-0.05, 0) is 17.5 Å². The molecule has 1 aromatic heterocycles. The zero-order valence-electron chi connectivity index (χ0n) is 13.3. The summed E-state index contributed by atoms with van der Waals surface area (Å²) in [6, 6.07) is 6.93. The Morgan fingerprint density at radius 3 is 2.62 bits per heavy atom. The second kappa shape index (κ2) is 7.02. The zero-order chi connectivity index (χ0) is 17.9. The van der Waals surface area contributed by atoms with Crippen LogP contribution in [0.25, 0.3) is 0 Å². The van der Waals surface area contributed by atoms with Crippen LogP contribution in [0.1, 0.15) is 29.9 Å². The number of hydrogen-bond donors (Lipinski definition) is 3. The molecule has 3 N–H and O–H groups in total. The van der Waals surface area contributed by atoms with Crippen LogP contribution in [0.15, 0.2) is 40.0 Å². The summed E-state index contributed by atoms with van der Waals surface area (Å²) in [5.41, 5.74) is -0.155. The van der Waals surface area contributed by atoms with Crippen LogP contribution in [0.5, 0.6) is 0 Å². The van der Waals surface area contributed by atoms with Crippen molar-refractivity contribution in [3.8, 4) is 0 Å². The molecule has 24 heavy (non-hydrogen) atoms. The van der Waals surface area contributed by atoms with E-state index in [0.29, 0.717) is 6.54 Å². The summed E-state index contributed by atoms with van der Waals surface area (Å²) in [4.78, 5) is 23.7. The van der Waals surface area contributed by atoms with Gasteiger partial charge in [-0.15, -0.1) is 0 Å².